The largest absolute Gasteiger partial charge is 0.477 e. The summed E-state index contributed by atoms with van der Waals surface area (Å²) in [4.78, 5) is 26.3. The van der Waals surface area contributed by atoms with Crippen molar-refractivity contribution >= 4 is 45.2 Å². The lowest BCUT2D eigenvalue weighted by atomic mass is 10.1. The molecule has 0 saturated heterocycles. The monoisotopic (exact) mass is 517 g/mol. The maximum Gasteiger partial charge on any atom is 0.410 e. The van der Waals surface area contributed by atoms with Gasteiger partial charge in [0.05, 0.1) is 17.4 Å². The molecule has 0 radical (unpaired) electrons. The average Bonchev–Trinajstić information content (AvgIpc) is 2.76. The number of rotatable bonds is 9. The lowest BCUT2D eigenvalue weighted by molar-refractivity contribution is 0.0245. The van der Waals surface area contributed by atoms with Gasteiger partial charge in [-0.15, -0.1) is 0 Å². The fourth-order valence-corrected chi connectivity index (χ4v) is 3.29. The number of carbonyl (C=O) groups excluding carboxylic acids is 1. The third-order valence-corrected chi connectivity index (χ3v) is 6.00. The molecule has 0 saturated carbocycles. The van der Waals surface area contributed by atoms with Crippen molar-refractivity contribution in [2.24, 2.45) is 5.92 Å². The molecule has 0 aliphatic carbocycles. The molecule has 12 heteroatoms. The Labute approximate surface area is 207 Å². The van der Waals surface area contributed by atoms with Crippen molar-refractivity contribution < 1.29 is 22.9 Å². The molecule has 0 aliphatic rings. The zero-order valence-electron chi connectivity index (χ0n) is 20.9. The molecule has 2 rings (SSSR count). The first-order chi connectivity index (χ1) is 15.7. The third kappa shape index (κ3) is 7.11. The predicted octanol–water partition coefficient (Wildman–Crippen LogP) is 4.65. The topological polar surface area (TPSA) is 107 Å². The van der Waals surface area contributed by atoms with Crippen LogP contribution >= 0.6 is 11.6 Å². The highest BCUT2D eigenvalue weighted by molar-refractivity contribution is 7.84. The van der Waals surface area contributed by atoms with Gasteiger partial charge < -0.3 is 19.7 Å². The van der Waals surface area contributed by atoms with Gasteiger partial charge >= 0.3 is 6.09 Å². The number of hydrogen-bond donors (Lipinski definition) is 1. The Morgan fingerprint density at radius 2 is 1.91 bits per heavy atom. The normalized spacial score (nSPS) is 14.4. The first-order valence-electron chi connectivity index (χ1n) is 11.0. The van der Waals surface area contributed by atoms with Crippen molar-refractivity contribution in [3.63, 3.8) is 0 Å². The summed E-state index contributed by atoms with van der Waals surface area (Å²) in [5, 5.41) is 2.82. The number of fused-ring (bicyclic) bond motifs is 1. The summed E-state index contributed by atoms with van der Waals surface area (Å²) in [6, 6.07) is -0.329. The van der Waals surface area contributed by atoms with Crippen LogP contribution in [0.1, 0.15) is 48.0 Å². The number of carbonyl (C=O) groups is 1. The van der Waals surface area contributed by atoms with Gasteiger partial charge in [0.15, 0.2) is 11.0 Å². The van der Waals surface area contributed by atoms with E-state index < -0.39 is 33.5 Å². The summed E-state index contributed by atoms with van der Waals surface area (Å²) in [5.41, 5.74) is -0.777. The van der Waals surface area contributed by atoms with E-state index in [0.717, 1.165) is 6.42 Å². The molecule has 2 aromatic rings. The molecule has 34 heavy (non-hydrogen) atoms. The van der Waals surface area contributed by atoms with Gasteiger partial charge in [-0.25, -0.2) is 19.2 Å². The summed E-state index contributed by atoms with van der Waals surface area (Å²) in [7, 11) is 0.0290. The lowest BCUT2D eigenvalue weighted by Gasteiger charge is -2.29. The number of pyridine rings is 1. The minimum atomic E-state index is -1.59. The third-order valence-electron chi connectivity index (χ3n) is 5.06. The molecule has 2 heterocycles. The SMILES string of the molecule is CC[C@@H](C)COc1nc(Cl)c(F)c2nc(S(C)=O)nc(NCC(C)N(C)C(=O)OC(C)(C)C)c12. The van der Waals surface area contributed by atoms with Gasteiger partial charge in [0.2, 0.25) is 11.0 Å². The van der Waals surface area contributed by atoms with E-state index in [9.17, 15) is 13.4 Å². The number of ether oxygens (including phenoxy) is 2. The Hall–Kier alpha value is -2.27. The van der Waals surface area contributed by atoms with E-state index in [-0.39, 0.29) is 46.3 Å². The van der Waals surface area contributed by atoms with Crippen LogP contribution < -0.4 is 10.1 Å². The van der Waals surface area contributed by atoms with Crippen LogP contribution in [0.4, 0.5) is 15.0 Å². The molecule has 9 nitrogen and oxygen atoms in total. The van der Waals surface area contributed by atoms with E-state index in [0.29, 0.717) is 6.61 Å². The molecular weight excluding hydrogens is 485 g/mol. The number of halogens is 2. The quantitative estimate of drug-likeness (QED) is 0.378. The average molecular weight is 518 g/mol. The first kappa shape index (κ1) is 28.0. The van der Waals surface area contributed by atoms with Crippen molar-refractivity contribution in [3.8, 4) is 5.88 Å². The summed E-state index contributed by atoms with van der Waals surface area (Å²) >= 11 is 6.00. The highest BCUT2D eigenvalue weighted by Crippen LogP contribution is 2.34. The second kappa shape index (κ2) is 11.4. The van der Waals surface area contributed by atoms with Crippen LogP contribution in [0, 0.1) is 11.7 Å². The summed E-state index contributed by atoms with van der Waals surface area (Å²) < 4.78 is 38.3. The van der Waals surface area contributed by atoms with Crippen LogP contribution in [0.25, 0.3) is 10.9 Å². The number of hydrogen-bond acceptors (Lipinski definition) is 8. The standard InChI is InChI=1S/C22H33ClFN5O4S/c1-9-12(2)11-32-19-14-16(15(24)17(23)27-19)26-20(34(8)31)28-18(14)25-10-13(3)29(7)21(30)33-22(4,5)6/h12-13H,9-11H2,1-8H3,(H,25,26,28)/t12-,13?,34?/m1/s1. The molecule has 2 unspecified atom stereocenters. The highest BCUT2D eigenvalue weighted by Gasteiger charge is 2.25. The Bertz CT molecular complexity index is 1070. The van der Waals surface area contributed by atoms with E-state index in [2.05, 4.69) is 20.3 Å². The van der Waals surface area contributed by atoms with Crippen molar-refractivity contribution in [1.82, 2.24) is 19.9 Å². The fraction of sp³-hybridized carbons (Fsp3) is 0.636. The second-order valence-corrected chi connectivity index (χ2v) is 10.8. The first-order valence-corrected chi connectivity index (χ1v) is 12.9. The van der Waals surface area contributed by atoms with Gasteiger partial charge in [0.1, 0.15) is 22.3 Å². The number of anilines is 1. The molecule has 1 N–H and O–H groups in total. The summed E-state index contributed by atoms with van der Waals surface area (Å²) in [5.74, 6) is -0.376. The van der Waals surface area contributed by atoms with E-state index in [1.165, 1.54) is 11.2 Å². The summed E-state index contributed by atoms with van der Waals surface area (Å²) in [6.07, 6.45) is 1.79. The van der Waals surface area contributed by atoms with Gasteiger partial charge in [-0.1, -0.05) is 31.9 Å². The van der Waals surface area contributed by atoms with Crippen LogP contribution in [-0.2, 0) is 15.5 Å². The Morgan fingerprint density at radius 3 is 2.47 bits per heavy atom. The van der Waals surface area contributed by atoms with Crippen LogP contribution in [0.2, 0.25) is 5.15 Å². The van der Waals surface area contributed by atoms with Gasteiger partial charge in [-0.05, 0) is 33.6 Å². The van der Waals surface area contributed by atoms with Gasteiger partial charge in [-0.3, -0.25) is 4.21 Å². The van der Waals surface area contributed by atoms with E-state index in [1.54, 1.807) is 27.8 Å². The fourth-order valence-electron chi connectivity index (χ4n) is 2.69. The Morgan fingerprint density at radius 1 is 1.26 bits per heavy atom. The van der Waals surface area contributed by atoms with Gasteiger partial charge in [0, 0.05) is 25.9 Å². The zero-order valence-corrected chi connectivity index (χ0v) is 22.4. The molecule has 0 spiro atoms. The van der Waals surface area contributed by atoms with Crippen LogP contribution in [0.3, 0.4) is 0 Å². The van der Waals surface area contributed by atoms with E-state index >= 15 is 0 Å². The number of nitrogens with zero attached hydrogens (tertiary/aromatic N) is 4. The Kier molecular flexibility index (Phi) is 9.41. The van der Waals surface area contributed by atoms with E-state index in [1.807, 2.05) is 20.8 Å². The Balaban J connectivity index is 2.45. The molecular formula is C22H33ClFN5O4S. The van der Waals surface area contributed by atoms with E-state index in [4.69, 9.17) is 21.1 Å². The molecule has 3 atom stereocenters. The number of aromatic nitrogens is 3. The number of likely N-dealkylation sites (N-methyl/N-ethyl adjacent to an activating group) is 1. The van der Waals surface area contributed by atoms with Crippen LogP contribution in [0.5, 0.6) is 5.88 Å². The highest BCUT2D eigenvalue weighted by atomic mass is 35.5. The lowest BCUT2D eigenvalue weighted by Crippen LogP contribution is -2.42. The maximum atomic E-state index is 14.9. The van der Waals surface area contributed by atoms with Gasteiger partial charge in [-0.2, -0.15) is 4.98 Å². The number of amides is 1. The predicted molar refractivity (Wildman–Crippen MR) is 132 cm³/mol. The molecule has 190 valence electrons. The molecule has 0 aromatic carbocycles. The van der Waals surface area contributed by atoms with Crippen molar-refractivity contribution in [2.75, 3.05) is 31.8 Å². The molecule has 2 aromatic heterocycles. The summed E-state index contributed by atoms with van der Waals surface area (Å²) in [6.45, 7) is 11.8. The molecule has 0 fully saturated rings. The number of nitrogens with one attached hydrogen (secondary N) is 1. The zero-order chi connectivity index (χ0) is 25.8. The second-order valence-electron chi connectivity index (χ2n) is 9.20. The van der Waals surface area contributed by atoms with Gasteiger partial charge in [0.25, 0.3) is 0 Å². The smallest absolute Gasteiger partial charge is 0.410 e. The van der Waals surface area contributed by atoms with Crippen molar-refractivity contribution in [1.29, 1.82) is 0 Å². The van der Waals surface area contributed by atoms with Crippen LogP contribution in [-0.4, -0.2) is 68.3 Å². The molecule has 0 aliphatic heterocycles. The molecule has 0 bridgehead atoms. The van der Waals surface area contributed by atoms with Crippen molar-refractivity contribution in [2.45, 2.75) is 64.8 Å². The van der Waals surface area contributed by atoms with Crippen molar-refractivity contribution in [3.05, 3.63) is 11.0 Å². The minimum absolute atomic E-state index is 0.0720. The van der Waals surface area contributed by atoms with Crippen LogP contribution in [0.15, 0.2) is 5.16 Å². The maximum absolute atomic E-state index is 14.9. The minimum Gasteiger partial charge on any atom is -0.477 e. The molecule has 1 amide bonds.